The van der Waals surface area contributed by atoms with Crippen LogP contribution in [0.1, 0.15) is 23.7 Å². The summed E-state index contributed by atoms with van der Waals surface area (Å²) in [4.78, 5) is 26.6. The number of fused-ring (bicyclic) bond motifs is 1. The van der Waals surface area contributed by atoms with Gasteiger partial charge in [-0.1, -0.05) is 60.7 Å². The number of nitrogens with zero attached hydrogens (tertiary/aromatic N) is 4. The van der Waals surface area contributed by atoms with E-state index in [2.05, 4.69) is 5.10 Å². The molecule has 28 heavy (non-hydrogen) atoms. The molecular weight excluding hydrogens is 352 g/mol. The van der Waals surface area contributed by atoms with Crippen LogP contribution in [0.15, 0.2) is 70.3 Å². The number of hydrogen-bond acceptors (Lipinski definition) is 3. The van der Waals surface area contributed by atoms with E-state index in [-0.39, 0.29) is 17.8 Å². The van der Waals surface area contributed by atoms with Crippen molar-refractivity contribution >= 4 is 11.0 Å². The summed E-state index contributed by atoms with van der Waals surface area (Å²) in [6, 6.07) is 19.3. The lowest BCUT2D eigenvalue weighted by atomic mass is 10.2. The molecule has 2 heterocycles. The lowest BCUT2D eigenvalue weighted by Crippen LogP contribution is -2.41. The van der Waals surface area contributed by atoms with Gasteiger partial charge in [-0.2, -0.15) is 5.10 Å². The van der Waals surface area contributed by atoms with Crippen LogP contribution in [-0.2, 0) is 19.6 Å². The molecular formula is C22H22N4O2. The molecule has 0 aliphatic heterocycles. The minimum atomic E-state index is -0.316. The highest BCUT2D eigenvalue weighted by atomic mass is 16.2. The van der Waals surface area contributed by atoms with Gasteiger partial charge in [0.15, 0.2) is 5.52 Å². The number of aryl methyl sites for hydroxylation is 2. The summed E-state index contributed by atoms with van der Waals surface area (Å²) >= 11 is 0. The summed E-state index contributed by atoms with van der Waals surface area (Å²) in [5, 5.41) is 4.50. The molecule has 0 fully saturated rings. The summed E-state index contributed by atoms with van der Waals surface area (Å²) in [6.45, 7) is 4.98. The summed E-state index contributed by atoms with van der Waals surface area (Å²) in [5.74, 6) is 0. The van der Waals surface area contributed by atoms with Crippen molar-refractivity contribution in [3.8, 4) is 0 Å². The van der Waals surface area contributed by atoms with Crippen LogP contribution in [0.3, 0.4) is 0 Å². The van der Waals surface area contributed by atoms with Gasteiger partial charge in [0.25, 0.3) is 5.56 Å². The Labute approximate surface area is 162 Å². The van der Waals surface area contributed by atoms with E-state index in [0.29, 0.717) is 29.8 Å². The van der Waals surface area contributed by atoms with Crippen molar-refractivity contribution in [1.82, 2.24) is 18.9 Å². The van der Waals surface area contributed by atoms with Crippen LogP contribution in [0.5, 0.6) is 0 Å². The standard InChI is InChI=1S/C22H22N4O2/c1-3-26-20-19(16(2)23-26)24(14-17-10-6-4-7-11-17)22(28)25(21(20)27)15-18-12-8-5-9-13-18/h4-13H,3,14-15H2,1-2H3. The Morgan fingerprint density at radius 1 is 0.786 bits per heavy atom. The van der Waals surface area contributed by atoms with Crippen LogP contribution in [0.25, 0.3) is 11.0 Å². The number of aromatic nitrogens is 4. The molecule has 0 saturated heterocycles. The van der Waals surface area contributed by atoms with Gasteiger partial charge in [-0.05, 0) is 25.0 Å². The van der Waals surface area contributed by atoms with Crippen molar-refractivity contribution in [2.24, 2.45) is 0 Å². The fourth-order valence-electron chi connectivity index (χ4n) is 3.61. The second-order valence-electron chi connectivity index (χ2n) is 6.83. The molecule has 4 rings (SSSR count). The third-order valence-corrected chi connectivity index (χ3v) is 4.94. The quantitative estimate of drug-likeness (QED) is 0.540. The van der Waals surface area contributed by atoms with Crippen molar-refractivity contribution in [2.45, 2.75) is 33.5 Å². The van der Waals surface area contributed by atoms with Gasteiger partial charge in [-0.3, -0.25) is 18.6 Å². The lowest BCUT2D eigenvalue weighted by molar-refractivity contribution is 0.623. The highest BCUT2D eigenvalue weighted by Crippen LogP contribution is 2.15. The lowest BCUT2D eigenvalue weighted by Gasteiger charge is -2.13. The molecule has 142 valence electrons. The van der Waals surface area contributed by atoms with Gasteiger partial charge < -0.3 is 0 Å². The molecule has 0 radical (unpaired) electrons. The maximum atomic E-state index is 13.4. The van der Waals surface area contributed by atoms with Crippen LogP contribution in [0, 0.1) is 6.92 Å². The largest absolute Gasteiger partial charge is 0.332 e. The molecule has 2 aromatic heterocycles. The van der Waals surface area contributed by atoms with E-state index in [1.165, 1.54) is 4.57 Å². The Hall–Kier alpha value is -3.41. The average Bonchev–Trinajstić information content (AvgIpc) is 3.06. The van der Waals surface area contributed by atoms with E-state index in [1.807, 2.05) is 74.5 Å². The normalized spacial score (nSPS) is 11.2. The van der Waals surface area contributed by atoms with Crippen molar-refractivity contribution in [1.29, 1.82) is 0 Å². The van der Waals surface area contributed by atoms with Crippen molar-refractivity contribution in [2.75, 3.05) is 0 Å². The summed E-state index contributed by atoms with van der Waals surface area (Å²) in [7, 11) is 0. The number of benzene rings is 2. The van der Waals surface area contributed by atoms with Gasteiger partial charge in [0.2, 0.25) is 0 Å². The third-order valence-electron chi connectivity index (χ3n) is 4.94. The van der Waals surface area contributed by atoms with E-state index in [4.69, 9.17) is 0 Å². The van der Waals surface area contributed by atoms with Gasteiger partial charge >= 0.3 is 5.69 Å². The fraction of sp³-hybridized carbons (Fsp3) is 0.227. The zero-order chi connectivity index (χ0) is 19.7. The highest BCUT2D eigenvalue weighted by molar-refractivity contribution is 5.77. The Morgan fingerprint density at radius 3 is 1.86 bits per heavy atom. The van der Waals surface area contributed by atoms with E-state index in [0.717, 1.165) is 11.1 Å². The monoisotopic (exact) mass is 374 g/mol. The molecule has 6 heteroatoms. The molecule has 4 aromatic rings. The maximum absolute atomic E-state index is 13.4. The van der Waals surface area contributed by atoms with Crippen LogP contribution in [-0.4, -0.2) is 18.9 Å². The predicted octanol–water partition coefficient (Wildman–Crippen LogP) is 2.78. The molecule has 0 aliphatic rings. The summed E-state index contributed by atoms with van der Waals surface area (Å²) in [5.41, 5.74) is 3.08. The first kappa shape index (κ1) is 18.0. The van der Waals surface area contributed by atoms with Gasteiger partial charge in [0, 0.05) is 6.54 Å². The zero-order valence-electron chi connectivity index (χ0n) is 16.0. The summed E-state index contributed by atoms with van der Waals surface area (Å²) in [6.07, 6.45) is 0. The van der Waals surface area contributed by atoms with E-state index in [9.17, 15) is 9.59 Å². The molecule has 0 amide bonds. The first-order chi connectivity index (χ1) is 13.6. The number of rotatable bonds is 5. The Kier molecular flexibility index (Phi) is 4.69. The van der Waals surface area contributed by atoms with Gasteiger partial charge in [-0.25, -0.2) is 4.79 Å². The van der Waals surface area contributed by atoms with Gasteiger partial charge in [-0.15, -0.1) is 0 Å². The highest BCUT2D eigenvalue weighted by Gasteiger charge is 2.20. The zero-order valence-corrected chi connectivity index (χ0v) is 16.0. The molecule has 0 N–H and O–H groups in total. The molecule has 0 aliphatic carbocycles. The molecule has 2 aromatic carbocycles. The summed E-state index contributed by atoms with van der Waals surface area (Å²) < 4.78 is 4.67. The smallest absolute Gasteiger partial charge is 0.285 e. The SMILES string of the molecule is CCn1nc(C)c2c1c(=O)n(Cc1ccccc1)c(=O)n2Cc1ccccc1. The van der Waals surface area contributed by atoms with Crippen molar-refractivity contribution in [3.63, 3.8) is 0 Å². The van der Waals surface area contributed by atoms with Crippen LogP contribution in [0.2, 0.25) is 0 Å². The van der Waals surface area contributed by atoms with Crippen molar-refractivity contribution < 1.29 is 0 Å². The Morgan fingerprint density at radius 2 is 1.32 bits per heavy atom. The second kappa shape index (κ2) is 7.31. The first-order valence-electron chi connectivity index (χ1n) is 9.38. The Balaban J connectivity index is 1.99. The first-order valence-corrected chi connectivity index (χ1v) is 9.38. The molecule has 0 saturated carbocycles. The predicted molar refractivity (Wildman–Crippen MR) is 110 cm³/mol. The molecule has 0 unspecified atom stereocenters. The number of hydrogen-bond donors (Lipinski definition) is 0. The molecule has 0 atom stereocenters. The van der Waals surface area contributed by atoms with E-state index < -0.39 is 0 Å². The minimum Gasteiger partial charge on any atom is -0.285 e. The Bertz CT molecular complexity index is 1240. The maximum Gasteiger partial charge on any atom is 0.332 e. The molecule has 0 bridgehead atoms. The van der Waals surface area contributed by atoms with Crippen LogP contribution >= 0.6 is 0 Å². The van der Waals surface area contributed by atoms with E-state index in [1.54, 1.807) is 9.25 Å². The van der Waals surface area contributed by atoms with Gasteiger partial charge in [0.05, 0.1) is 24.3 Å². The van der Waals surface area contributed by atoms with Crippen LogP contribution in [0.4, 0.5) is 0 Å². The molecule has 6 nitrogen and oxygen atoms in total. The topological polar surface area (TPSA) is 61.8 Å². The van der Waals surface area contributed by atoms with Gasteiger partial charge in [0.1, 0.15) is 0 Å². The average molecular weight is 374 g/mol. The second-order valence-corrected chi connectivity index (χ2v) is 6.83. The molecule has 0 spiro atoms. The van der Waals surface area contributed by atoms with Crippen molar-refractivity contribution in [3.05, 3.63) is 98.3 Å². The van der Waals surface area contributed by atoms with Crippen LogP contribution < -0.4 is 11.2 Å². The van der Waals surface area contributed by atoms with E-state index >= 15 is 0 Å². The minimum absolute atomic E-state index is 0.233. The third kappa shape index (κ3) is 3.07. The fourth-order valence-corrected chi connectivity index (χ4v) is 3.61.